The molecule has 3 heterocycles. The van der Waals surface area contributed by atoms with Crippen molar-refractivity contribution in [2.45, 2.75) is 33.9 Å². The van der Waals surface area contributed by atoms with Gasteiger partial charge in [0.25, 0.3) is 5.91 Å². The molecule has 0 aliphatic rings. The quantitative estimate of drug-likeness (QED) is 0.535. The molecule has 7 nitrogen and oxygen atoms in total. The van der Waals surface area contributed by atoms with Crippen LogP contribution < -0.4 is 11.1 Å². The molecule has 0 atom stereocenters. The first-order valence-electron chi connectivity index (χ1n) is 9.79. The van der Waals surface area contributed by atoms with Crippen LogP contribution in [0.3, 0.4) is 0 Å². The van der Waals surface area contributed by atoms with Crippen molar-refractivity contribution in [2.75, 3.05) is 5.73 Å². The Bertz CT molecular complexity index is 1220. The number of hydrogen-bond acceptors (Lipinski definition) is 5. The second kappa shape index (κ2) is 7.94. The van der Waals surface area contributed by atoms with Gasteiger partial charge >= 0.3 is 0 Å². The standard InChI is InChI=1S/C23H24N6O/c1-14-9-21(24)28-16(3)20(14)11-25-23(30)19-10-26-29(13-19)12-18-6-4-5-17-8-7-15(2)27-22(17)18/h4-10,13H,11-12H2,1-3H3,(H2,24,28)(H,25,30). The van der Waals surface area contributed by atoms with Crippen LogP contribution in [0.25, 0.3) is 10.9 Å². The van der Waals surface area contributed by atoms with Crippen molar-refractivity contribution < 1.29 is 4.79 Å². The molecule has 0 unspecified atom stereocenters. The lowest BCUT2D eigenvalue weighted by Crippen LogP contribution is -2.23. The molecule has 0 saturated carbocycles. The summed E-state index contributed by atoms with van der Waals surface area (Å²) in [6, 6.07) is 12.0. The molecule has 3 N–H and O–H groups in total. The van der Waals surface area contributed by atoms with Crippen molar-refractivity contribution in [1.29, 1.82) is 0 Å². The van der Waals surface area contributed by atoms with Crippen LogP contribution in [0.15, 0.2) is 48.8 Å². The van der Waals surface area contributed by atoms with Gasteiger partial charge in [-0.15, -0.1) is 0 Å². The fraction of sp³-hybridized carbons (Fsp3) is 0.217. The zero-order valence-electron chi connectivity index (χ0n) is 17.3. The number of carbonyl (C=O) groups excluding carboxylic acids is 1. The molecule has 0 aliphatic heterocycles. The lowest BCUT2D eigenvalue weighted by molar-refractivity contribution is 0.0950. The van der Waals surface area contributed by atoms with Crippen molar-refractivity contribution in [3.8, 4) is 0 Å². The van der Waals surface area contributed by atoms with Gasteiger partial charge in [-0.05, 0) is 49.6 Å². The first-order chi connectivity index (χ1) is 14.4. The molecule has 0 spiro atoms. The fourth-order valence-corrected chi connectivity index (χ4v) is 3.60. The molecule has 30 heavy (non-hydrogen) atoms. The third-order valence-corrected chi connectivity index (χ3v) is 5.17. The molecule has 3 aromatic heterocycles. The number of rotatable bonds is 5. The summed E-state index contributed by atoms with van der Waals surface area (Å²) in [5, 5.41) is 8.40. The van der Waals surface area contributed by atoms with Crippen molar-refractivity contribution >= 4 is 22.6 Å². The highest BCUT2D eigenvalue weighted by molar-refractivity contribution is 5.93. The average Bonchev–Trinajstić information content (AvgIpc) is 3.16. The number of hydrogen-bond donors (Lipinski definition) is 2. The molecule has 4 aromatic rings. The van der Waals surface area contributed by atoms with Crippen LogP contribution in [0, 0.1) is 20.8 Å². The van der Waals surface area contributed by atoms with E-state index >= 15 is 0 Å². The van der Waals surface area contributed by atoms with Gasteiger partial charge in [0.2, 0.25) is 0 Å². The van der Waals surface area contributed by atoms with Crippen LogP contribution in [0.5, 0.6) is 0 Å². The van der Waals surface area contributed by atoms with Gasteiger partial charge in [0, 0.05) is 29.5 Å². The van der Waals surface area contributed by atoms with Crippen molar-refractivity contribution in [2.24, 2.45) is 0 Å². The first-order valence-corrected chi connectivity index (χ1v) is 9.79. The highest BCUT2D eigenvalue weighted by Crippen LogP contribution is 2.18. The van der Waals surface area contributed by atoms with Crippen molar-refractivity contribution in [3.63, 3.8) is 0 Å². The smallest absolute Gasteiger partial charge is 0.254 e. The third-order valence-electron chi connectivity index (χ3n) is 5.17. The lowest BCUT2D eigenvalue weighted by Gasteiger charge is -2.11. The number of carbonyl (C=O) groups is 1. The van der Waals surface area contributed by atoms with Crippen LogP contribution in [-0.2, 0) is 13.1 Å². The van der Waals surface area contributed by atoms with Gasteiger partial charge in [-0.25, -0.2) is 4.98 Å². The predicted octanol–water partition coefficient (Wildman–Crippen LogP) is 3.31. The number of aromatic nitrogens is 4. The Hall–Kier alpha value is -3.74. The van der Waals surface area contributed by atoms with Crippen LogP contribution >= 0.6 is 0 Å². The maximum absolute atomic E-state index is 12.6. The number of nitrogens with two attached hydrogens (primary N) is 1. The number of para-hydroxylation sites is 1. The SMILES string of the molecule is Cc1ccc2cccc(Cn3cc(C(=O)NCc4c(C)cc(N)nc4C)cn3)c2n1. The molecule has 0 fully saturated rings. The summed E-state index contributed by atoms with van der Waals surface area (Å²) in [6.07, 6.45) is 3.34. The van der Waals surface area contributed by atoms with Crippen LogP contribution in [0.1, 0.15) is 38.4 Å². The molecular formula is C23H24N6O. The third kappa shape index (κ3) is 4.00. The molecule has 1 amide bonds. The van der Waals surface area contributed by atoms with E-state index in [0.29, 0.717) is 24.5 Å². The molecule has 0 aliphatic carbocycles. The molecule has 152 valence electrons. The summed E-state index contributed by atoms with van der Waals surface area (Å²) in [7, 11) is 0. The first kappa shape index (κ1) is 19.6. The Labute approximate surface area is 175 Å². The van der Waals surface area contributed by atoms with E-state index in [0.717, 1.165) is 39.0 Å². The number of aryl methyl sites for hydroxylation is 3. The van der Waals surface area contributed by atoms with Gasteiger partial charge in [-0.2, -0.15) is 5.10 Å². The number of nitrogen functional groups attached to an aromatic ring is 1. The van der Waals surface area contributed by atoms with Crippen molar-refractivity contribution in [3.05, 3.63) is 82.4 Å². The van der Waals surface area contributed by atoms with Crippen molar-refractivity contribution in [1.82, 2.24) is 25.1 Å². The number of anilines is 1. The summed E-state index contributed by atoms with van der Waals surface area (Å²) < 4.78 is 1.76. The highest BCUT2D eigenvalue weighted by atomic mass is 16.1. The predicted molar refractivity (Wildman–Crippen MR) is 117 cm³/mol. The minimum atomic E-state index is -0.177. The van der Waals surface area contributed by atoms with Crippen LogP contribution in [0.2, 0.25) is 0 Å². The lowest BCUT2D eigenvalue weighted by atomic mass is 10.1. The van der Waals surface area contributed by atoms with E-state index in [2.05, 4.69) is 26.4 Å². The second-order valence-electron chi connectivity index (χ2n) is 7.48. The van der Waals surface area contributed by atoms with Gasteiger partial charge < -0.3 is 11.1 Å². The zero-order chi connectivity index (χ0) is 21.3. The maximum Gasteiger partial charge on any atom is 0.254 e. The molecule has 0 bridgehead atoms. The molecule has 4 rings (SSSR count). The zero-order valence-corrected chi connectivity index (χ0v) is 17.3. The number of amides is 1. The summed E-state index contributed by atoms with van der Waals surface area (Å²) in [5.41, 5.74) is 12.1. The fourth-order valence-electron chi connectivity index (χ4n) is 3.60. The number of fused-ring (bicyclic) bond motifs is 1. The summed E-state index contributed by atoms with van der Waals surface area (Å²) in [4.78, 5) is 21.5. The minimum absolute atomic E-state index is 0.177. The van der Waals surface area contributed by atoms with E-state index in [-0.39, 0.29) is 5.91 Å². The number of benzene rings is 1. The summed E-state index contributed by atoms with van der Waals surface area (Å²) in [6.45, 7) is 6.77. The van der Waals surface area contributed by atoms with Gasteiger partial charge in [0.05, 0.1) is 23.8 Å². The number of pyridine rings is 2. The Morgan fingerprint density at radius 2 is 1.97 bits per heavy atom. The Morgan fingerprint density at radius 3 is 2.77 bits per heavy atom. The normalized spacial score (nSPS) is 11.0. The van der Waals surface area contributed by atoms with E-state index in [1.165, 1.54) is 0 Å². The van der Waals surface area contributed by atoms with E-state index < -0.39 is 0 Å². The summed E-state index contributed by atoms with van der Waals surface area (Å²) >= 11 is 0. The molecule has 1 aromatic carbocycles. The van der Waals surface area contributed by atoms with Crippen LogP contribution in [0.4, 0.5) is 5.82 Å². The average molecular weight is 400 g/mol. The topological polar surface area (TPSA) is 98.7 Å². The van der Waals surface area contributed by atoms with Gasteiger partial charge in [-0.1, -0.05) is 24.3 Å². The van der Waals surface area contributed by atoms with Gasteiger partial charge in [0.15, 0.2) is 0 Å². The number of nitrogens with one attached hydrogen (secondary N) is 1. The van der Waals surface area contributed by atoms with E-state index in [4.69, 9.17) is 5.73 Å². The Morgan fingerprint density at radius 1 is 1.13 bits per heavy atom. The van der Waals surface area contributed by atoms with E-state index in [9.17, 15) is 4.79 Å². The van der Waals surface area contributed by atoms with E-state index in [1.807, 2.05) is 51.1 Å². The summed E-state index contributed by atoms with van der Waals surface area (Å²) in [5.74, 6) is 0.309. The minimum Gasteiger partial charge on any atom is -0.384 e. The molecule has 0 radical (unpaired) electrons. The molecule has 0 saturated heterocycles. The molecular weight excluding hydrogens is 376 g/mol. The highest BCUT2D eigenvalue weighted by Gasteiger charge is 2.12. The maximum atomic E-state index is 12.6. The van der Waals surface area contributed by atoms with Crippen LogP contribution in [-0.4, -0.2) is 25.7 Å². The second-order valence-corrected chi connectivity index (χ2v) is 7.48. The Balaban J connectivity index is 1.48. The monoisotopic (exact) mass is 400 g/mol. The van der Waals surface area contributed by atoms with E-state index in [1.54, 1.807) is 17.1 Å². The van der Waals surface area contributed by atoms with Gasteiger partial charge in [-0.3, -0.25) is 14.5 Å². The largest absolute Gasteiger partial charge is 0.384 e. The Kier molecular flexibility index (Phi) is 5.18. The molecule has 7 heteroatoms. The van der Waals surface area contributed by atoms with Gasteiger partial charge in [0.1, 0.15) is 5.82 Å². The number of nitrogens with zero attached hydrogens (tertiary/aromatic N) is 4.